The van der Waals surface area contributed by atoms with Crippen molar-refractivity contribution < 1.29 is 14.3 Å². The molecule has 132 valence electrons. The summed E-state index contributed by atoms with van der Waals surface area (Å²) in [6.45, 7) is 1.88. The van der Waals surface area contributed by atoms with Crippen LogP contribution in [0, 0.1) is 6.92 Å². The van der Waals surface area contributed by atoms with Crippen LogP contribution in [0.1, 0.15) is 21.5 Å². The van der Waals surface area contributed by atoms with Crippen LogP contribution in [0.3, 0.4) is 0 Å². The highest BCUT2D eigenvalue weighted by Gasteiger charge is 2.19. The quantitative estimate of drug-likeness (QED) is 0.669. The molecule has 0 radical (unpaired) electrons. The summed E-state index contributed by atoms with van der Waals surface area (Å²) in [5.41, 5.74) is 2.10. The second-order valence-electron chi connectivity index (χ2n) is 5.40. The Hall–Kier alpha value is -3.26. The van der Waals surface area contributed by atoms with Gasteiger partial charge in [-0.25, -0.2) is 9.78 Å². The summed E-state index contributed by atoms with van der Waals surface area (Å²) in [5, 5.41) is 5.63. The Bertz CT molecular complexity index is 941. The van der Waals surface area contributed by atoms with Gasteiger partial charge in [0.15, 0.2) is 5.78 Å². The van der Waals surface area contributed by atoms with Crippen molar-refractivity contribution in [2.75, 3.05) is 17.7 Å². The molecule has 0 saturated heterocycles. The lowest BCUT2D eigenvalue weighted by Gasteiger charge is -2.13. The predicted molar refractivity (Wildman–Crippen MR) is 100 cm³/mol. The summed E-state index contributed by atoms with van der Waals surface area (Å²) in [4.78, 5) is 29.1. The average Bonchev–Trinajstić information content (AvgIpc) is 3.15. The SMILES string of the molecule is COc1ccccc1C(=O)c1cc(C)ccc1NC(=O)Nc1ncns1. The lowest BCUT2D eigenvalue weighted by molar-refractivity contribution is 0.103. The van der Waals surface area contributed by atoms with E-state index in [2.05, 4.69) is 20.0 Å². The molecule has 0 unspecified atom stereocenters. The number of methoxy groups -OCH3 is 1. The van der Waals surface area contributed by atoms with Crippen LogP contribution < -0.4 is 15.4 Å². The number of hydrogen-bond donors (Lipinski definition) is 2. The van der Waals surface area contributed by atoms with Crippen LogP contribution >= 0.6 is 11.5 Å². The number of carbonyl (C=O) groups is 2. The van der Waals surface area contributed by atoms with Crippen LogP contribution in [-0.2, 0) is 0 Å². The molecule has 2 amide bonds. The molecule has 0 aliphatic heterocycles. The normalized spacial score (nSPS) is 10.2. The molecule has 7 nitrogen and oxygen atoms in total. The van der Waals surface area contributed by atoms with E-state index in [1.54, 1.807) is 36.4 Å². The van der Waals surface area contributed by atoms with E-state index in [-0.39, 0.29) is 5.78 Å². The van der Waals surface area contributed by atoms with Crippen LogP contribution in [-0.4, -0.2) is 28.3 Å². The number of hydrogen-bond acceptors (Lipinski definition) is 6. The van der Waals surface area contributed by atoms with Gasteiger partial charge in [0.1, 0.15) is 12.1 Å². The summed E-state index contributed by atoms with van der Waals surface area (Å²) in [5.74, 6) is 0.237. The molecule has 2 aromatic carbocycles. The highest BCUT2D eigenvalue weighted by molar-refractivity contribution is 7.09. The number of para-hydroxylation sites is 1. The van der Waals surface area contributed by atoms with Gasteiger partial charge in [0.2, 0.25) is 5.13 Å². The Morgan fingerprint density at radius 2 is 1.88 bits per heavy atom. The van der Waals surface area contributed by atoms with Crippen LogP contribution in [0.15, 0.2) is 48.8 Å². The fourth-order valence-corrected chi connectivity index (χ4v) is 2.84. The molecule has 3 rings (SSSR count). The Morgan fingerprint density at radius 3 is 2.62 bits per heavy atom. The molecule has 1 heterocycles. The molecular formula is C18H16N4O3S. The lowest BCUT2D eigenvalue weighted by atomic mass is 9.99. The minimum Gasteiger partial charge on any atom is -0.496 e. The molecule has 3 aromatic rings. The molecule has 8 heteroatoms. The van der Waals surface area contributed by atoms with Crippen LogP contribution in [0.25, 0.3) is 0 Å². The zero-order chi connectivity index (χ0) is 18.5. The Labute approximate surface area is 154 Å². The minimum absolute atomic E-state index is 0.239. The van der Waals surface area contributed by atoms with E-state index in [9.17, 15) is 9.59 Å². The molecule has 0 saturated carbocycles. The lowest BCUT2D eigenvalue weighted by Crippen LogP contribution is -2.21. The van der Waals surface area contributed by atoms with Gasteiger partial charge in [-0.15, -0.1) is 0 Å². The van der Waals surface area contributed by atoms with Crippen LogP contribution in [0.4, 0.5) is 15.6 Å². The number of aromatic nitrogens is 2. The van der Waals surface area contributed by atoms with Gasteiger partial charge < -0.3 is 10.1 Å². The van der Waals surface area contributed by atoms with Crippen LogP contribution in [0.2, 0.25) is 0 Å². The molecule has 0 aliphatic carbocycles. The topological polar surface area (TPSA) is 93.2 Å². The standard InChI is InChI=1S/C18H16N4O3S/c1-11-7-8-14(21-17(24)22-18-19-10-20-26-18)13(9-11)16(23)12-5-3-4-6-15(12)25-2/h3-10H,1-2H3,(H2,19,20,21,22,24). The zero-order valence-electron chi connectivity index (χ0n) is 14.1. The first kappa shape index (κ1) is 17.6. The first-order valence-corrected chi connectivity index (χ1v) is 8.49. The van der Waals surface area contributed by atoms with Crippen molar-refractivity contribution in [2.45, 2.75) is 6.92 Å². The number of nitrogens with zero attached hydrogens (tertiary/aromatic N) is 2. The highest BCUT2D eigenvalue weighted by atomic mass is 32.1. The van der Waals surface area contributed by atoms with Gasteiger partial charge in [-0.1, -0.05) is 23.8 Å². The number of ketones is 1. The highest BCUT2D eigenvalue weighted by Crippen LogP contribution is 2.26. The van der Waals surface area contributed by atoms with Crippen LogP contribution in [0.5, 0.6) is 5.75 Å². The summed E-state index contributed by atoms with van der Waals surface area (Å²) in [6, 6.07) is 11.7. The summed E-state index contributed by atoms with van der Waals surface area (Å²) in [7, 11) is 1.51. The third kappa shape index (κ3) is 3.86. The first-order chi connectivity index (χ1) is 12.6. The minimum atomic E-state index is -0.500. The Balaban J connectivity index is 1.90. The van der Waals surface area contributed by atoms with Gasteiger partial charge in [-0.3, -0.25) is 10.1 Å². The predicted octanol–water partition coefficient (Wildman–Crippen LogP) is 3.73. The van der Waals surface area contributed by atoms with E-state index in [1.165, 1.54) is 13.4 Å². The maximum Gasteiger partial charge on any atom is 0.325 e. The maximum absolute atomic E-state index is 13.0. The van der Waals surface area contributed by atoms with Gasteiger partial charge in [-0.2, -0.15) is 4.37 Å². The maximum atomic E-state index is 13.0. The van der Waals surface area contributed by atoms with E-state index < -0.39 is 6.03 Å². The van der Waals surface area contributed by atoms with Crippen molar-refractivity contribution >= 4 is 34.2 Å². The second kappa shape index (κ2) is 7.75. The molecule has 0 fully saturated rings. The van der Waals surface area contributed by atoms with Crippen molar-refractivity contribution in [3.05, 3.63) is 65.5 Å². The smallest absolute Gasteiger partial charge is 0.325 e. The van der Waals surface area contributed by atoms with E-state index in [4.69, 9.17) is 4.74 Å². The molecule has 0 bridgehead atoms. The second-order valence-corrected chi connectivity index (χ2v) is 6.18. The molecular weight excluding hydrogens is 352 g/mol. The number of benzene rings is 2. The van der Waals surface area contributed by atoms with Crippen molar-refractivity contribution in [2.24, 2.45) is 0 Å². The van der Waals surface area contributed by atoms with Gasteiger partial charge in [0.05, 0.1) is 18.4 Å². The van der Waals surface area contributed by atoms with E-state index in [0.29, 0.717) is 27.7 Å². The third-order valence-corrected chi connectivity index (χ3v) is 4.18. The first-order valence-electron chi connectivity index (χ1n) is 7.71. The summed E-state index contributed by atoms with van der Waals surface area (Å²) in [6.07, 6.45) is 1.35. The number of amides is 2. The Kier molecular flexibility index (Phi) is 5.23. The number of ether oxygens (including phenoxy) is 1. The number of rotatable bonds is 5. The number of urea groups is 1. The number of carbonyl (C=O) groups excluding carboxylic acids is 2. The summed E-state index contributed by atoms with van der Waals surface area (Å²) < 4.78 is 9.09. The number of aryl methyl sites for hydroxylation is 1. The Morgan fingerprint density at radius 1 is 1.08 bits per heavy atom. The largest absolute Gasteiger partial charge is 0.496 e. The van der Waals surface area contributed by atoms with Crippen molar-refractivity contribution in [3.8, 4) is 5.75 Å². The molecule has 26 heavy (non-hydrogen) atoms. The molecule has 0 atom stereocenters. The molecule has 1 aromatic heterocycles. The van der Waals surface area contributed by atoms with E-state index in [1.807, 2.05) is 13.0 Å². The summed E-state index contributed by atoms with van der Waals surface area (Å²) >= 11 is 1.06. The number of anilines is 2. The average molecular weight is 368 g/mol. The van der Waals surface area contributed by atoms with Gasteiger partial charge >= 0.3 is 6.03 Å². The van der Waals surface area contributed by atoms with Gasteiger partial charge in [0.25, 0.3) is 0 Å². The third-order valence-electron chi connectivity index (χ3n) is 3.60. The zero-order valence-corrected chi connectivity index (χ0v) is 15.0. The van der Waals surface area contributed by atoms with Gasteiger partial charge in [-0.05, 0) is 31.2 Å². The number of nitrogens with one attached hydrogen (secondary N) is 2. The molecule has 2 N–H and O–H groups in total. The fourth-order valence-electron chi connectivity index (χ4n) is 2.41. The van der Waals surface area contributed by atoms with E-state index in [0.717, 1.165) is 17.1 Å². The van der Waals surface area contributed by atoms with Gasteiger partial charge in [0, 0.05) is 17.1 Å². The molecule has 0 spiro atoms. The van der Waals surface area contributed by atoms with Crippen molar-refractivity contribution in [1.82, 2.24) is 9.36 Å². The van der Waals surface area contributed by atoms with Crippen molar-refractivity contribution in [1.29, 1.82) is 0 Å². The molecule has 0 aliphatic rings. The fraction of sp³-hybridized carbons (Fsp3) is 0.111. The monoisotopic (exact) mass is 368 g/mol. The van der Waals surface area contributed by atoms with E-state index >= 15 is 0 Å². The van der Waals surface area contributed by atoms with Crippen molar-refractivity contribution in [3.63, 3.8) is 0 Å².